The number of fused-ring (bicyclic) bond motifs is 2. The molecular formula is C15H14N4O5S. The molecular weight excluding hydrogens is 348 g/mol. The summed E-state index contributed by atoms with van der Waals surface area (Å²) in [6.45, 7) is 0.323. The zero-order chi connectivity index (χ0) is 17.6. The molecule has 3 heterocycles. The Morgan fingerprint density at radius 1 is 1.32 bits per heavy atom. The van der Waals surface area contributed by atoms with Crippen LogP contribution in [0.5, 0.6) is 0 Å². The van der Waals surface area contributed by atoms with E-state index < -0.39 is 12.3 Å². The van der Waals surface area contributed by atoms with Crippen molar-refractivity contribution in [1.82, 2.24) is 19.8 Å². The van der Waals surface area contributed by atoms with Crippen LogP contribution in [-0.2, 0) is 19.0 Å². The molecule has 10 heteroatoms. The minimum Gasteiger partial charge on any atom is -0.465 e. The number of aromatic nitrogens is 4. The number of benzene rings is 1. The summed E-state index contributed by atoms with van der Waals surface area (Å²) in [7, 11) is 1.32. The van der Waals surface area contributed by atoms with Crippen molar-refractivity contribution >= 4 is 24.0 Å². The van der Waals surface area contributed by atoms with Crippen LogP contribution < -0.4 is 0 Å². The van der Waals surface area contributed by atoms with E-state index in [9.17, 15) is 9.59 Å². The summed E-state index contributed by atoms with van der Waals surface area (Å²) in [5, 5.41) is 8.15. The van der Waals surface area contributed by atoms with Gasteiger partial charge >= 0.3 is 5.97 Å². The van der Waals surface area contributed by atoms with Gasteiger partial charge < -0.3 is 14.2 Å². The van der Waals surface area contributed by atoms with Gasteiger partial charge in [-0.25, -0.2) is 9.48 Å². The zero-order valence-corrected chi connectivity index (χ0v) is 14.0. The van der Waals surface area contributed by atoms with Crippen LogP contribution in [0, 0.1) is 4.77 Å². The SMILES string of the molecule is COC(=O)c1ccc(-n2nnn([C@@H]3CC(=O)[C@H]4OC[C@H]3O4)c2=S)cc1. The smallest absolute Gasteiger partial charge is 0.337 e. The van der Waals surface area contributed by atoms with Crippen molar-refractivity contribution in [1.29, 1.82) is 0 Å². The lowest BCUT2D eigenvalue weighted by atomic mass is 10.0. The molecule has 1 aromatic heterocycles. The topological polar surface area (TPSA) is 97.5 Å². The van der Waals surface area contributed by atoms with E-state index >= 15 is 0 Å². The maximum absolute atomic E-state index is 12.0. The standard InChI is InChI=1S/C15H14N4O5S/c1-22-13(21)8-2-4-9(5-3-8)18-15(25)19(17-16-18)10-6-11(20)14-23-7-12(10)24-14/h2-5,10,12,14H,6-7H2,1H3/t10-,12-,14+/m1/s1. The number of carbonyl (C=O) groups is 2. The highest BCUT2D eigenvalue weighted by atomic mass is 32.1. The molecule has 130 valence electrons. The van der Waals surface area contributed by atoms with Gasteiger partial charge in [-0.1, -0.05) is 0 Å². The van der Waals surface area contributed by atoms with Crippen molar-refractivity contribution in [2.45, 2.75) is 24.9 Å². The minimum atomic E-state index is -0.767. The Bertz CT molecular complexity index is 890. The summed E-state index contributed by atoms with van der Waals surface area (Å²) in [6.07, 6.45) is -0.804. The molecule has 0 saturated carbocycles. The molecule has 0 spiro atoms. The molecule has 0 radical (unpaired) electrons. The molecule has 1 aromatic carbocycles. The van der Waals surface area contributed by atoms with Crippen molar-refractivity contribution in [2.24, 2.45) is 0 Å². The molecule has 2 aromatic rings. The molecule has 0 N–H and O–H groups in total. The summed E-state index contributed by atoms with van der Waals surface area (Å²) >= 11 is 5.45. The second-order valence-corrected chi connectivity index (χ2v) is 6.10. The molecule has 2 bridgehead atoms. The fourth-order valence-corrected chi connectivity index (χ4v) is 3.27. The third-order valence-corrected chi connectivity index (χ3v) is 4.62. The number of ether oxygens (including phenoxy) is 3. The van der Waals surface area contributed by atoms with E-state index in [1.54, 1.807) is 24.3 Å². The number of ketones is 1. The van der Waals surface area contributed by atoms with Gasteiger partial charge in [0.05, 0.1) is 31.0 Å². The van der Waals surface area contributed by atoms with Crippen LogP contribution in [0.3, 0.4) is 0 Å². The molecule has 4 rings (SSSR count). The maximum Gasteiger partial charge on any atom is 0.337 e. The first kappa shape index (κ1) is 16.1. The molecule has 0 unspecified atom stereocenters. The first-order chi connectivity index (χ1) is 12.1. The van der Waals surface area contributed by atoms with Gasteiger partial charge in [0.15, 0.2) is 5.78 Å². The van der Waals surface area contributed by atoms with E-state index in [0.29, 0.717) is 22.6 Å². The molecule has 2 aliphatic heterocycles. The van der Waals surface area contributed by atoms with Crippen molar-refractivity contribution in [3.8, 4) is 5.69 Å². The molecule has 2 saturated heterocycles. The van der Waals surface area contributed by atoms with Gasteiger partial charge in [-0.15, -0.1) is 0 Å². The Morgan fingerprint density at radius 2 is 2.08 bits per heavy atom. The molecule has 2 fully saturated rings. The van der Waals surface area contributed by atoms with E-state index in [1.807, 2.05) is 0 Å². The lowest BCUT2D eigenvalue weighted by Crippen LogP contribution is -2.37. The number of methoxy groups -OCH3 is 1. The Hall–Kier alpha value is -2.43. The zero-order valence-electron chi connectivity index (χ0n) is 13.2. The van der Waals surface area contributed by atoms with Gasteiger partial charge in [0.2, 0.25) is 11.1 Å². The largest absolute Gasteiger partial charge is 0.465 e. The highest BCUT2D eigenvalue weighted by Gasteiger charge is 2.45. The lowest BCUT2D eigenvalue weighted by molar-refractivity contribution is -0.156. The minimum absolute atomic E-state index is 0.127. The summed E-state index contributed by atoms with van der Waals surface area (Å²) < 4.78 is 18.8. The summed E-state index contributed by atoms with van der Waals surface area (Å²) in [5.41, 5.74) is 1.07. The Kier molecular flexibility index (Phi) is 3.94. The molecule has 2 aliphatic rings. The van der Waals surface area contributed by atoms with E-state index in [0.717, 1.165) is 0 Å². The second kappa shape index (κ2) is 6.14. The maximum atomic E-state index is 12.0. The van der Waals surface area contributed by atoms with Crippen LogP contribution in [0.15, 0.2) is 24.3 Å². The normalized spacial score (nSPS) is 25.2. The molecule has 25 heavy (non-hydrogen) atoms. The first-order valence-corrected chi connectivity index (χ1v) is 8.02. The number of Topliss-reactive ketones (excluding diaryl/α,β-unsaturated/α-hetero) is 1. The predicted molar refractivity (Wildman–Crippen MR) is 84.8 cm³/mol. The van der Waals surface area contributed by atoms with Crippen molar-refractivity contribution in [3.05, 3.63) is 34.6 Å². The first-order valence-electron chi connectivity index (χ1n) is 7.61. The van der Waals surface area contributed by atoms with E-state index in [1.165, 1.54) is 16.5 Å². The average Bonchev–Trinajstić information content (AvgIpc) is 3.23. The van der Waals surface area contributed by atoms with Crippen LogP contribution in [0.4, 0.5) is 0 Å². The monoisotopic (exact) mass is 362 g/mol. The van der Waals surface area contributed by atoms with E-state index in [-0.39, 0.29) is 24.3 Å². The van der Waals surface area contributed by atoms with Crippen LogP contribution >= 0.6 is 12.2 Å². The fourth-order valence-electron chi connectivity index (χ4n) is 2.95. The number of carbonyl (C=O) groups excluding carboxylic acids is 2. The summed E-state index contributed by atoms with van der Waals surface area (Å²) in [5.74, 6) is -0.551. The number of hydrogen-bond donors (Lipinski definition) is 0. The van der Waals surface area contributed by atoms with E-state index in [2.05, 4.69) is 15.2 Å². The number of nitrogens with zero attached hydrogens (tertiary/aromatic N) is 4. The van der Waals surface area contributed by atoms with Gasteiger partial charge in [-0.2, -0.15) is 4.68 Å². The quantitative estimate of drug-likeness (QED) is 0.585. The van der Waals surface area contributed by atoms with E-state index in [4.69, 9.17) is 21.7 Å². The van der Waals surface area contributed by atoms with Crippen LogP contribution in [0.1, 0.15) is 22.8 Å². The molecule has 0 amide bonds. The number of esters is 1. The fraction of sp³-hybridized carbons (Fsp3) is 0.400. The van der Waals surface area contributed by atoms with Crippen molar-refractivity contribution < 1.29 is 23.8 Å². The third-order valence-electron chi connectivity index (χ3n) is 4.26. The number of hydrogen-bond acceptors (Lipinski definition) is 8. The van der Waals surface area contributed by atoms with Crippen molar-refractivity contribution in [3.63, 3.8) is 0 Å². The molecule has 0 aliphatic carbocycles. The molecule has 9 nitrogen and oxygen atoms in total. The van der Waals surface area contributed by atoms with Crippen LogP contribution in [0.2, 0.25) is 0 Å². The Labute approximate surface area is 147 Å². The van der Waals surface area contributed by atoms with Gasteiger partial charge in [0, 0.05) is 6.42 Å². The van der Waals surface area contributed by atoms with Gasteiger partial charge in [-0.05, 0) is 46.9 Å². The summed E-state index contributed by atoms with van der Waals surface area (Å²) in [6, 6.07) is 6.27. The van der Waals surface area contributed by atoms with Crippen LogP contribution in [0.25, 0.3) is 5.69 Å². The van der Waals surface area contributed by atoms with Gasteiger partial charge in [-0.3, -0.25) is 4.79 Å². The molecule has 3 atom stereocenters. The highest BCUT2D eigenvalue weighted by Crippen LogP contribution is 2.32. The number of tetrazole rings is 1. The second-order valence-electron chi connectivity index (χ2n) is 5.73. The van der Waals surface area contributed by atoms with Crippen molar-refractivity contribution in [2.75, 3.05) is 13.7 Å². The van der Waals surface area contributed by atoms with Gasteiger partial charge in [0.1, 0.15) is 6.10 Å². The predicted octanol–water partition coefficient (Wildman–Crippen LogP) is 0.840. The lowest BCUT2D eigenvalue weighted by Gasteiger charge is -2.25. The van der Waals surface area contributed by atoms with Gasteiger partial charge in [0.25, 0.3) is 0 Å². The average molecular weight is 362 g/mol. The third kappa shape index (κ3) is 2.68. The van der Waals surface area contributed by atoms with Crippen LogP contribution in [-0.4, -0.2) is 57.7 Å². The summed E-state index contributed by atoms with van der Waals surface area (Å²) in [4.78, 5) is 23.5. The Morgan fingerprint density at radius 3 is 2.80 bits per heavy atom. The highest BCUT2D eigenvalue weighted by molar-refractivity contribution is 7.71. The Balaban J connectivity index is 1.64. The number of rotatable bonds is 3.